The van der Waals surface area contributed by atoms with E-state index in [2.05, 4.69) is 5.32 Å². The van der Waals surface area contributed by atoms with E-state index in [0.717, 1.165) is 0 Å². The molecule has 0 aromatic carbocycles. The zero-order chi connectivity index (χ0) is 14.0. The summed E-state index contributed by atoms with van der Waals surface area (Å²) < 4.78 is 32.4. The van der Waals surface area contributed by atoms with Gasteiger partial charge in [-0.25, -0.2) is 4.79 Å². The van der Waals surface area contributed by atoms with E-state index in [1.807, 2.05) is 0 Å². The third kappa shape index (κ3) is 5.22. The average molecular weight is 279 g/mol. The predicted molar refractivity (Wildman–Crippen MR) is 66.7 cm³/mol. The summed E-state index contributed by atoms with van der Waals surface area (Å²) in [5, 5.41) is 2.67. The minimum atomic E-state index is -3.40. The van der Waals surface area contributed by atoms with Crippen LogP contribution in [0.5, 0.6) is 0 Å². The highest BCUT2D eigenvalue weighted by Gasteiger charge is 2.35. The van der Waals surface area contributed by atoms with Crippen LogP contribution in [-0.4, -0.2) is 38.0 Å². The van der Waals surface area contributed by atoms with Gasteiger partial charge in [-0.15, -0.1) is 0 Å². The van der Waals surface area contributed by atoms with Crippen molar-refractivity contribution in [3.05, 3.63) is 0 Å². The van der Waals surface area contributed by atoms with E-state index < -0.39 is 21.8 Å². The van der Waals surface area contributed by atoms with Crippen LogP contribution in [-0.2, 0) is 19.0 Å². The Hall–Kier alpha value is -0.820. The van der Waals surface area contributed by atoms with Crippen LogP contribution in [0.1, 0.15) is 40.5 Å². The molecular formula is C11H21NO5S. The second kappa shape index (κ2) is 5.44. The molecule has 6 nitrogen and oxygen atoms in total. The van der Waals surface area contributed by atoms with Gasteiger partial charge in [0.15, 0.2) is 0 Å². The molecule has 1 amide bonds. The normalized spacial score (nSPS) is 24.2. The maximum Gasteiger partial charge on any atom is 0.407 e. The fraction of sp³-hybridized carbons (Fsp3) is 0.909. The molecule has 1 fully saturated rings. The molecule has 0 aromatic heterocycles. The average Bonchev–Trinajstić information content (AvgIpc) is 2.11. The fourth-order valence-corrected chi connectivity index (χ4v) is 2.22. The zero-order valence-corrected chi connectivity index (χ0v) is 12.0. The quantitative estimate of drug-likeness (QED) is 0.787. The smallest absolute Gasteiger partial charge is 0.407 e. The number of alkyl carbamates (subject to hydrolysis) is 1. The van der Waals surface area contributed by atoms with Gasteiger partial charge in [-0.05, 0) is 40.5 Å². The molecule has 1 saturated carbocycles. The van der Waals surface area contributed by atoms with Crippen LogP contribution < -0.4 is 5.32 Å². The van der Waals surface area contributed by atoms with E-state index in [1.54, 1.807) is 20.8 Å². The van der Waals surface area contributed by atoms with E-state index in [0.29, 0.717) is 12.8 Å². The highest BCUT2D eigenvalue weighted by Crippen LogP contribution is 2.25. The summed E-state index contributed by atoms with van der Waals surface area (Å²) >= 11 is 0. The van der Waals surface area contributed by atoms with Gasteiger partial charge >= 0.3 is 6.09 Å². The number of hydrogen-bond donors (Lipinski definition) is 1. The largest absolute Gasteiger partial charge is 0.444 e. The van der Waals surface area contributed by atoms with E-state index >= 15 is 0 Å². The van der Waals surface area contributed by atoms with Crippen molar-refractivity contribution in [2.45, 2.75) is 58.3 Å². The number of carbonyl (C=O) groups is 1. The third-order valence-electron chi connectivity index (χ3n) is 2.45. The van der Waals surface area contributed by atoms with E-state index in [9.17, 15) is 13.2 Å². The van der Waals surface area contributed by atoms with Crippen molar-refractivity contribution < 1.29 is 22.1 Å². The minimum Gasteiger partial charge on any atom is -0.444 e. The van der Waals surface area contributed by atoms with Gasteiger partial charge in [-0.2, -0.15) is 8.42 Å². The van der Waals surface area contributed by atoms with Crippen molar-refractivity contribution in [3.63, 3.8) is 0 Å². The summed E-state index contributed by atoms with van der Waals surface area (Å²) in [7, 11) is -3.40. The van der Waals surface area contributed by atoms with Crippen LogP contribution in [0.15, 0.2) is 0 Å². The molecule has 0 saturated heterocycles. The number of nitrogens with one attached hydrogen (secondary N) is 1. The van der Waals surface area contributed by atoms with Crippen LogP contribution in [0.2, 0.25) is 0 Å². The van der Waals surface area contributed by atoms with Crippen LogP contribution in [0, 0.1) is 0 Å². The number of carbonyl (C=O) groups excluding carboxylic acids is 1. The van der Waals surface area contributed by atoms with E-state index in [-0.39, 0.29) is 17.9 Å². The molecule has 0 spiro atoms. The summed E-state index contributed by atoms with van der Waals surface area (Å²) in [5.41, 5.74) is -0.532. The van der Waals surface area contributed by atoms with Gasteiger partial charge in [0.25, 0.3) is 10.1 Å². The van der Waals surface area contributed by atoms with Gasteiger partial charge in [0, 0.05) is 6.04 Å². The number of hydrogen-bond acceptors (Lipinski definition) is 5. The molecule has 0 aromatic rings. The van der Waals surface area contributed by atoms with Gasteiger partial charge in [0.2, 0.25) is 0 Å². The highest BCUT2D eigenvalue weighted by atomic mass is 32.2. The van der Waals surface area contributed by atoms with Crippen LogP contribution >= 0.6 is 0 Å². The minimum absolute atomic E-state index is 0.0341. The summed E-state index contributed by atoms with van der Waals surface area (Å²) in [4.78, 5) is 11.4. The van der Waals surface area contributed by atoms with Gasteiger partial charge in [-0.3, -0.25) is 4.18 Å². The predicted octanol–water partition coefficient (Wildman–Crippen LogP) is 1.41. The lowest BCUT2D eigenvalue weighted by Gasteiger charge is -2.35. The molecule has 0 radical (unpaired) electrons. The second-order valence-electron chi connectivity index (χ2n) is 5.38. The first-order chi connectivity index (χ1) is 8.11. The summed E-state index contributed by atoms with van der Waals surface area (Å²) in [6.45, 7) is 6.89. The van der Waals surface area contributed by atoms with Crippen molar-refractivity contribution in [2.24, 2.45) is 0 Å². The molecule has 1 rings (SSSR count). The van der Waals surface area contributed by atoms with Crippen LogP contribution in [0.25, 0.3) is 0 Å². The first-order valence-corrected chi connectivity index (χ1v) is 7.59. The topological polar surface area (TPSA) is 81.7 Å². The molecule has 1 N–H and O–H groups in total. The molecule has 0 unspecified atom stereocenters. The fourth-order valence-electron chi connectivity index (χ4n) is 1.51. The summed E-state index contributed by atoms with van der Waals surface area (Å²) in [5.74, 6) is -0.0341. The van der Waals surface area contributed by atoms with Gasteiger partial charge < -0.3 is 10.1 Å². The van der Waals surface area contributed by atoms with Crippen LogP contribution in [0.4, 0.5) is 4.79 Å². The number of amides is 1. The van der Waals surface area contributed by atoms with E-state index in [1.165, 1.54) is 6.92 Å². The van der Waals surface area contributed by atoms with Crippen molar-refractivity contribution in [2.75, 3.05) is 5.75 Å². The summed E-state index contributed by atoms with van der Waals surface area (Å²) in [6.07, 6.45) is 0.191. The van der Waals surface area contributed by atoms with Gasteiger partial charge in [-0.1, -0.05) is 0 Å². The Bertz CT molecular complexity index is 392. The molecule has 0 atom stereocenters. The molecule has 18 heavy (non-hydrogen) atoms. The Balaban J connectivity index is 2.26. The lowest BCUT2D eigenvalue weighted by Crippen LogP contribution is -2.49. The number of rotatable bonds is 4. The zero-order valence-electron chi connectivity index (χ0n) is 11.2. The van der Waals surface area contributed by atoms with Crippen molar-refractivity contribution in [3.8, 4) is 0 Å². The van der Waals surface area contributed by atoms with Gasteiger partial charge in [0.05, 0.1) is 11.9 Å². The van der Waals surface area contributed by atoms with Gasteiger partial charge in [0.1, 0.15) is 5.60 Å². The Morgan fingerprint density at radius 1 is 1.33 bits per heavy atom. The first-order valence-electron chi connectivity index (χ1n) is 6.02. The number of ether oxygens (including phenoxy) is 1. The molecule has 0 aliphatic heterocycles. The molecule has 0 heterocycles. The summed E-state index contributed by atoms with van der Waals surface area (Å²) in [6, 6.07) is -0.0723. The van der Waals surface area contributed by atoms with Crippen molar-refractivity contribution in [1.29, 1.82) is 0 Å². The maximum absolute atomic E-state index is 11.4. The molecule has 7 heteroatoms. The van der Waals surface area contributed by atoms with Crippen LogP contribution in [0.3, 0.4) is 0 Å². The second-order valence-corrected chi connectivity index (χ2v) is 7.26. The lowest BCUT2D eigenvalue weighted by atomic mass is 9.90. The SMILES string of the molecule is CCS(=O)(=O)OC1CC(NC(=O)OC(C)(C)C)C1. The molecular weight excluding hydrogens is 258 g/mol. The highest BCUT2D eigenvalue weighted by molar-refractivity contribution is 7.86. The Morgan fingerprint density at radius 2 is 1.89 bits per heavy atom. The molecule has 0 bridgehead atoms. The van der Waals surface area contributed by atoms with Crippen molar-refractivity contribution in [1.82, 2.24) is 5.32 Å². The Labute approximate surface area is 108 Å². The third-order valence-corrected chi connectivity index (χ3v) is 3.72. The first kappa shape index (κ1) is 15.2. The van der Waals surface area contributed by atoms with Crippen molar-refractivity contribution >= 4 is 16.2 Å². The Kier molecular flexibility index (Phi) is 4.61. The Morgan fingerprint density at radius 3 is 2.33 bits per heavy atom. The standard InChI is InChI=1S/C11H21NO5S/c1-5-18(14,15)17-9-6-8(7-9)12-10(13)16-11(2,3)4/h8-9H,5-7H2,1-4H3,(H,12,13). The molecule has 106 valence electrons. The molecule has 1 aliphatic carbocycles. The lowest BCUT2D eigenvalue weighted by molar-refractivity contribution is 0.0376. The molecule has 1 aliphatic rings. The maximum atomic E-state index is 11.4. The van der Waals surface area contributed by atoms with E-state index in [4.69, 9.17) is 8.92 Å². The monoisotopic (exact) mass is 279 g/mol.